The predicted octanol–water partition coefficient (Wildman–Crippen LogP) is 5.31. The lowest BCUT2D eigenvalue weighted by molar-refractivity contribution is 0.117. The Labute approximate surface area is 163 Å². The van der Waals surface area contributed by atoms with Crippen molar-refractivity contribution >= 4 is 94.7 Å². The lowest BCUT2D eigenvalue weighted by Crippen LogP contribution is -2.17. The number of rotatable bonds is 12. The van der Waals surface area contributed by atoms with Crippen molar-refractivity contribution in [3.63, 3.8) is 0 Å². The Bertz CT molecular complexity index is 260. The Morgan fingerprint density at radius 1 is 0.950 bits per heavy atom. The number of hydrogen-bond donors (Lipinski definition) is 0. The molecule has 0 heterocycles. The third-order valence-corrected chi connectivity index (χ3v) is 8.43. The Balaban J connectivity index is 4.45. The van der Waals surface area contributed by atoms with E-state index in [-0.39, 0.29) is 35.4 Å². The van der Waals surface area contributed by atoms with Crippen molar-refractivity contribution in [2.24, 2.45) is 0 Å². The monoisotopic (exact) mass is 604 g/mol. The fraction of sp³-hybridized carbons (Fsp3) is 1.00. The quantitative estimate of drug-likeness (QED) is 0.223. The summed E-state index contributed by atoms with van der Waals surface area (Å²) in [6, 6.07) is 0. The predicted molar refractivity (Wildman–Crippen MR) is 98.8 cm³/mol. The molecule has 0 aromatic rings. The SMILES string of the molecule is O=P(OC[C@H](Cl)CCl)(OC[C@H](Br)CBr)OC[C@H](Br)CBr. The molecular formula is C9H15Br4Cl2O4P. The van der Waals surface area contributed by atoms with E-state index in [1.165, 1.54) is 0 Å². The summed E-state index contributed by atoms with van der Waals surface area (Å²) in [5, 5.41) is 0.842. The third kappa shape index (κ3) is 11.2. The number of alkyl halides is 6. The lowest BCUT2D eigenvalue weighted by Gasteiger charge is -2.21. The molecule has 0 unspecified atom stereocenters. The van der Waals surface area contributed by atoms with Gasteiger partial charge in [-0.15, -0.1) is 23.2 Å². The molecule has 11 heteroatoms. The van der Waals surface area contributed by atoms with E-state index >= 15 is 0 Å². The van der Waals surface area contributed by atoms with E-state index in [0.717, 1.165) is 0 Å². The van der Waals surface area contributed by atoms with Crippen molar-refractivity contribution in [2.45, 2.75) is 15.0 Å². The molecule has 0 aromatic carbocycles. The summed E-state index contributed by atoms with van der Waals surface area (Å²) < 4.78 is 28.2. The lowest BCUT2D eigenvalue weighted by atomic mass is 10.5. The molecule has 20 heavy (non-hydrogen) atoms. The number of phosphoric ester groups is 1. The fourth-order valence-electron chi connectivity index (χ4n) is 0.762. The molecule has 122 valence electrons. The molecule has 0 aliphatic rings. The number of phosphoric acid groups is 1. The summed E-state index contributed by atoms with van der Waals surface area (Å²) in [6.45, 7) is 0.347. The first-order chi connectivity index (χ1) is 9.36. The summed E-state index contributed by atoms with van der Waals surface area (Å²) in [5.74, 6) is 0.187. The summed E-state index contributed by atoms with van der Waals surface area (Å²) in [5.41, 5.74) is 0. The van der Waals surface area contributed by atoms with E-state index < -0.39 is 13.2 Å². The van der Waals surface area contributed by atoms with Crippen LogP contribution in [-0.4, -0.2) is 51.4 Å². The van der Waals surface area contributed by atoms with Crippen molar-refractivity contribution < 1.29 is 18.1 Å². The van der Waals surface area contributed by atoms with Gasteiger partial charge in [-0.05, 0) is 0 Å². The van der Waals surface area contributed by atoms with E-state index in [9.17, 15) is 4.57 Å². The van der Waals surface area contributed by atoms with Gasteiger partial charge in [0.25, 0.3) is 0 Å². The van der Waals surface area contributed by atoms with E-state index in [1.54, 1.807) is 0 Å². The third-order valence-electron chi connectivity index (χ3n) is 1.74. The average Bonchev–Trinajstić information content (AvgIpc) is 2.47. The highest BCUT2D eigenvalue weighted by Crippen LogP contribution is 2.50. The molecule has 0 radical (unpaired) electrons. The van der Waals surface area contributed by atoms with Gasteiger partial charge in [-0.3, -0.25) is 13.6 Å². The first-order valence-electron chi connectivity index (χ1n) is 5.50. The zero-order valence-corrected chi connectivity index (χ0v) is 19.1. The molecule has 0 rings (SSSR count). The van der Waals surface area contributed by atoms with Crippen LogP contribution in [0.25, 0.3) is 0 Å². The van der Waals surface area contributed by atoms with Gasteiger partial charge in [-0.2, -0.15) is 0 Å². The molecule has 4 nitrogen and oxygen atoms in total. The summed E-state index contributed by atoms with van der Waals surface area (Å²) in [4.78, 5) is -0.00224. The normalized spacial score (nSPS) is 16.9. The van der Waals surface area contributed by atoms with Crippen LogP contribution in [0.4, 0.5) is 0 Å². The van der Waals surface area contributed by atoms with Crippen molar-refractivity contribution in [1.29, 1.82) is 0 Å². The second kappa shape index (κ2) is 13.0. The van der Waals surface area contributed by atoms with Crippen molar-refractivity contribution in [2.75, 3.05) is 36.4 Å². The zero-order valence-electron chi connectivity index (χ0n) is 10.3. The van der Waals surface area contributed by atoms with Crippen LogP contribution in [0, 0.1) is 0 Å². The van der Waals surface area contributed by atoms with Gasteiger partial charge in [0.2, 0.25) is 0 Å². The van der Waals surface area contributed by atoms with Gasteiger partial charge in [0.15, 0.2) is 0 Å². The van der Waals surface area contributed by atoms with Gasteiger partial charge in [-0.1, -0.05) is 63.7 Å². The van der Waals surface area contributed by atoms with Gasteiger partial charge < -0.3 is 0 Å². The smallest absolute Gasteiger partial charge is 0.286 e. The first kappa shape index (κ1) is 22.6. The molecule has 0 N–H and O–H groups in total. The minimum Gasteiger partial charge on any atom is -0.286 e. The maximum absolute atomic E-state index is 12.4. The van der Waals surface area contributed by atoms with Crippen LogP contribution in [0.1, 0.15) is 0 Å². The molecule has 0 aliphatic heterocycles. The maximum atomic E-state index is 12.4. The highest BCUT2D eigenvalue weighted by molar-refractivity contribution is 9.12. The topological polar surface area (TPSA) is 44.8 Å². The number of hydrogen-bond acceptors (Lipinski definition) is 4. The van der Waals surface area contributed by atoms with Gasteiger partial charge in [0, 0.05) is 26.2 Å². The molecule has 0 spiro atoms. The van der Waals surface area contributed by atoms with Crippen molar-refractivity contribution in [3.8, 4) is 0 Å². The molecular weight excluding hydrogens is 594 g/mol. The minimum absolute atomic E-state index is 0.00112. The summed E-state index contributed by atoms with van der Waals surface area (Å²) in [6.07, 6.45) is 0. The fourth-order valence-corrected chi connectivity index (χ4v) is 3.36. The summed E-state index contributed by atoms with van der Waals surface area (Å²) in [7, 11) is -3.67. The Morgan fingerprint density at radius 3 is 1.70 bits per heavy atom. The van der Waals surface area contributed by atoms with Crippen molar-refractivity contribution in [1.82, 2.24) is 0 Å². The van der Waals surface area contributed by atoms with Crippen LogP contribution < -0.4 is 0 Å². The summed E-state index contributed by atoms with van der Waals surface area (Å²) >= 11 is 24.7. The maximum Gasteiger partial charge on any atom is 0.474 e. The molecule has 0 aliphatic carbocycles. The molecule has 0 bridgehead atoms. The zero-order chi connectivity index (χ0) is 15.6. The molecule has 0 saturated carbocycles. The largest absolute Gasteiger partial charge is 0.474 e. The van der Waals surface area contributed by atoms with E-state index in [4.69, 9.17) is 36.8 Å². The minimum atomic E-state index is -3.67. The Kier molecular flexibility index (Phi) is 14.7. The van der Waals surface area contributed by atoms with Crippen LogP contribution in [0.15, 0.2) is 0 Å². The second-order valence-electron chi connectivity index (χ2n) is 3.59. The second-order valence-corrected chi connectivity index (χ2v) is 10.1. The molecule has 0 aromatic heterocycles. The van der Waals surface area contributed by atoms with Crippen LogP contribution in [0.5, 0.6) is 0 Å². The van der Waals surface area contributed by atoms with E-state index in [2.05, 4.69) is 63.7 Å². The molecule has 0 amide bonds. The number of halogens is 6. The van der Waals surface area contributed by atoms with Crippen LogP contribution in [-0.2, 0) is 18.1 Å². The van der Waals surface area contributed by atoms with E-state index in [0.29, 0.717) is 10.7 Å². The molecule has 0 fully saturated rings. The van der Waals surface area contributed by atoms with Crippen LogP contribution in [0.2, 0.25) is 0 Å². The standard InChI is InChI=1S/C9H15Br4Cl2O4P/c10-1-7(12)4-17-20(16,18-5-8(13)2-11)19-6-9(15)3-14/h7-9H,1-6H2/t7-,8-,9-/m1/s1. The van der Waals surface area contributed by atoms with Gasteiger partial charge >= 0.3 is 7.82 Å². The average molecular weight is 609 g/mol. The van der Waals surface area contributed by atoms with Crippen LogP contribution in [0.3, 0.4) is 0 Å². The Morgan fingerprint density at radius 2 is 1.35 bits per heavy atom. The molecule has 0 saturated heterocycles. The molecule has 3 atom stereocenters. The van der Waals surface area contributed by atoms with Crippen molar-refractivity contribution in [3.05, 3.63) is 0 Å². The van der Waals surface area contributed by atoms with Crippen LogP contribution >= 0.6 is 94.7 Å². The highest BCUT2D eigenvalue weighted by Gasteiger charge is 2.29. The van der Waals surface area contributed by atoms with Gasteiger partial charge in [0.05, 0.1) is 25.2 Å². The highest BCUT2D eigenvalue weighted by atomic mass is 79.9. The van der Waals surface area contributed by atoms with E-state index in [1.807, 2.05) is 0 Å². The van der Waals surface area contributed by atoms with Gasteiger partial charge in [0.1, 0.15) is 0 Å². The first-order valence-corrected chi connectivity index (χ1v) is 12.0. The van der Waals surface area contributed by atoms with Gasteiger partial charge in [-0.25, -0.2) is 4.57 Å². The Hall–Kier alpha value is 2.61.